The maximum atomic E-state index is 5.87. The SMILES string of the molecule is CC(C)=CCOC1CC2CCC1C2. The highest BCUT2D eigenvalue weighted by atomic mass is 16.5. The van der Waals surface area contributed by atoms with Crippen LogP contribution in [0.2, 0.25) is 0 Å². The number of fused-ring (bicyclic) bond motifs is 2. The van der Waals surface area contributed by atoms with Crippen molar-refractivity contribution in [1.82, 2.24) is 0 Å². The molecule has 3 unspecified atom stereocenters. The van der Waals surface area contributed by atoms with Gasteiger partial charge in [0.15, 0.2) is 0 Å². The quantitative estimate of drug-likeness (QED) is 0.606. The van der Waals surface area contributed by atoms with Gasteiger partial charge in [-0.15, -0.1) is 0 Å². The van der Waals surface area contributed by atoms with Crippen LogP contribution in [0.25, 0.3) is 0 Å². The molecule has 2 aliphatic carbocycles. The second-order valence-corrected chi connectivity index (χ2v) is 4.83. The standard InChI is InChI=1S/C12H20O/c1-9(2)5-6-13-12-8-10-3-4-11(12)7-10/h5,10-12H,3-4,6-8H2,1-2H3. The van der Waals surface area contributed by atoms with Crippen molar-refractivity contribution in [2.75, 3.05) is 6.61 Å². The average Bonchev–Trinajstić information content (AvgIpc) is 2.64. The zero-order chi connectivity index (χ0) is 9.26. The maximum Gasteiger partial charge on any atom is 0.0653 e. The molecule has 0 N–H and O–H groups in total. The zero-order valence-corrected chi connectivity index (χ0v) is 8.75. The number of allylic oxidation sites excluding steroid dienone is 1. The number of rotatable bonds is 3. The summed E-state index contributed by atoms with van der Waals surface area (Å²) in [5, 5.41) is 0. The van der Waals surface area contributed by atoms with E-state index in [4.69, 9.17) is 4.74 Å². The van der Waals surface area contributed by atoms with E-state index in [1.807, 2.05) is 0 Å². The van der Waals surface area contributed by atoms with E-state index in [9.17, 15) is 0 Å². The van der Waals surface area contributed by atoms with Gasteiger partial charge >= 0.3 is 0 Å². The van der Waals surface area contributed by atoms with Gasteiger partial charge in [0.25, 0.3) is 0 Å². The summed E-state index contributed by atoms with van der Waals surface area (Å²) in [5.74, 6) is 1.90. The molecule has 13 heavy (non-hydrogen) atoms. The number of hydrogen-bond acceptors (Lipinski definition) is 1. The van der Waals surface area contributed by atoms with Gasteiger partial charge in [0.1, 0.15) is 0 Å². The molecule has 0 radical (unpaired) electrons. The van der Waals surface area contributed by atoms with Gasteiger partial charge in [-0.1, -0.05) is 11.6 Å². The van der Waals surface area contributed by atoms with Crippen molar-refractivity contribution in [3.8, 4) is 0 Å². The number of hydrogen-bond donors (Lipinski definition) is 0. The first kappa shape index (κ1) is 9.26. The third-order valence-corrected chi connectivity index (χ3v) is 3.48. The zero-order valence-electron chi connectivity index (χ0n) is 8.75. The minimum absolute atomic E-state index is 0.592. The Balaban J connectivity index is 1.74. The second kappa shape index (κ2) is 3.83. The first-order valence-electron chi connectivity index (χ1n) is 5.50. The minimum Gasteiger partial charge on any atom is -0.374 e. The molecule has 2 saturated carbocycles. The summed E-state index contributed by atoms with van der Waals surface area (Å²) in [6, 6.07) is 0. The van der Waals surface area contributed by atoms with Crippen molar-refractivity contribution in [1.29, 1.82) is 0 Å². The lowest BCUT2D eigenvalue weighted by Gasteiger charge is -2.21. The van der Waals surface area contributed by atoms with Crippen molar-refractivity contribution in [3.63, 3.8) is 0 Å². The Morgan fingerprint density at radius 3 is 2.69 bits per heavy atom. The number of ether oxygens (including phenoxy) is 1. The fourth-order valence-electron chi connectivity index (χ4n) is 2.73. The Kier molecular flexibility index (Phi) is 2.73. The van der Waals surface area contributed by atoms with Crippen molar-refractivity contribution in [2.45, 2.75) is 45.6 Å². The molecule has 1 nitrogen and oxygen atoms in total. The van der Waals surface area contributed by atoms with Crippen LogP contribution in [-0.2, 0) is 4.74 Å². The largest absolute Gasteiger partial charge is 0.374 e. The molecule has 0 saturated heterocycles. The van der Waals surface area contributed by atoms with E-state index in [1.165, 1.54) is 31.3 Å². The van der Waals surface area contributed by atoms with Crippen LogP contribution in [0.1, 0.15) is 39.5 Å². The second-order valence-electron chi connectivity index (χ2n) is 4.83. The molecule has 2 bridgehead atoms. The molecule has 0 heterocycles. The maximum absolute atomic E-state index is 5.87. The van der Waals surface area contributed by atoms with E-state index in [1.54, 1.807) is 0 Å². The van der Waals surface area contributed by atoms with Crippen molar-refractivity contribution >= 4 is 0 Å². The van der Waals surface area contributed by atoms with E-state index in [0.717, 1.165) is 18.4 Å². The molecule has 1 heteroatoms. The van der Waals surface area contributed by atoms with Crippen LogP contribution in [0.15, 0.2) is 11.6 Å². The molecule has 2 rings (SSSR count). The first-order chi connectivity index (χ1) is 6.25. The van der Waals surface area contributed by atoms with Gasteiger partial charge in [-0.25, -0.2) is 0 Å². The molecule has 0 aromatic carbocycles. The fourth-order valence-corrected chi connectivity index (χ4v) is 2.73. The Morgan fingerprint density at radius 1 is 1.31 bits per heavy atom. The lowest BCUT2D eigenvalue weighted by molar-refractivity contribution is 0.0336. The highest BCUT2D eigenvalue weighted by Crippen LogP contribution is 2.45. The van der Waals surface area contributed by atoms with Crippen LogP contribution in [0.3, 0.4) is 0 Å². The third kappa shape index (κ3) is 2.14. The molecular formula is C12H20O. The first-order valence-corrected chi connectivity index (χ1v) is 5.50. The van der Waals surface area contributed by atoms with Crippen LogP contribution in [0.5, 0.6) is 0 Å². The third-order valence-electron chi connectivity index (χ3n) is 3.48. The molecule has 0 aromatic heterocycles. The van der Waals surface area contributed by atoms with Gasteiger partial charge in [0.2, 0.25) is 0 Å². The van der Waals surface area contributed by atoms with Crippen molar-refractivity contribution in [2.24, 2.45) is 11.8 Å². The molecule has 0 amide bonds. The predicted molar refractivity (Wildman–Crippen MR) is 54.6 cm³/mol. The van der Waals surface area contributed by atoms with Gasteiger partial charge in [0, 0.05) is 0 Å². The smallest absolute Gasteiger partial charge is 0.0653 e. The monoisotopic (exact) mass is 180 g/mol. The highest BCUT2D eigenvalue weighted by molar-refractivity contribution is 4.95. The molecule has 0 spiro atoms. The van der Waals surface area contributed by atoms with E-state index in [0.29, 0.717) is 6.10 Å². The van der Waals surface area contributed by atoms with Crippen molar-refractivity contribution < 1.29 is 4.74 Å². The Hall–Kier alpha value is -0.300. The summed E-state index contributed by atoms with van der Waals surface area (Å²) < 4.78 is 5.87. The van der Waals surface area contributed by atoms with Gasteiger partial charge in [0.05, 0.1) is 12.7 Å². The van der Waals surface area contributed by atoms with Gasteiger partial charge < -0.3 is 4.74 Å². The molecular weight excluding hydrogens is 160 g/mol. The summed E-state index contributed by atoms with van der Waals surface area (Å²) in [6.45, 7) is 5.09. The normalized spacial score (nSPS) is 36.6. The Labute approximate surface area is 81.2 Å². The van der Waals surface area contributed by atoms with Gasteiger partial charge in [-0.2, -0.15) is 0 Å². The molecule has 0 aliphatic heterocycles. The summed E-state index contributed by atoms with van der Waals surface area (Å²) in [5.41, 5.74) is 1.36. The van der Waals surface area contributed by atoms with Crippen molar-refractivity contribution in [3.05, 3.63) is 11.6 Å². The van der Waals surface area contributed by atoms with Crippen LogP contribution < -0.4 is 0 Å². The molecule has 3 atom stereocenters. The lowest BCUT2D eigenvalue weighted by Crippen LogP contribution is -2.20. The Bertz CT molecular complexity index is 203. The molecule has 2 aliphatic rings. The fraction of sp³-hybridized carbons (Fsp3) is 0.833. The summed E-state index contributed by atoms with van der Waals surface area (Å²) in [6.07, 6.45) is 8.44. The lowest BCUT2D eigenvalue weighted by atomic mass is 9.98. The summed E-state index contributed by atoms with van der Waals surface area (Å²) in [4.78, 5) is 0. The summed E-state index contributed by atoms with van der Waals surface area (Å²) >= 11 is 0. The van der Waals surface area contributed by atoms with Gasteiger partial charge in [-0.05, 0) is 51.4 Å². The average molecular weight is 180 g/mol. The van der Waals surface area contributed by atoms with E-state index in [-0.39, 0.29) is 0 Å². The topological polar surface area (TPSA) is 9.23 Å². The molecule has 0 aromatic rings. The van der Waals surface area contributed by atoms with E-state index >= 15 is 0 Å². The van der Waals surface area contributed by atoms with Crippen LogP contribution in [0.4, 0.5) is 0 Å². The van der Waals surface area contributed by atoms with E-state index in [2.05, 4.69) is 19.9 Å². The Morgan fingerprint density at radius 2 is 2.15 bits per heavy atom. The molecule has 2 fully saturated rings. The summed E-state index contributed by atoms with van der Waals surface area (Å²) in [7, 11) is 0. The van der Waals surface area contributed by atoms with Crippen LogP contribution in [0, 0.1) is 11.8 Å². The molecule has 74 valence electrons. The van der Waals surface area contributed by atoms with E-state index < -0.39 is 0 Å². The highest BCUT2D eigenvalue weighted by Gasteiger charge is 2.39. The minimum atomic E-state index is 0.592. The van der Waals surface area contributed by atoms with Gasteiger partial charge in [-0.3, -0.25) is 0 Å². The predicted octanol–water partition coefficient (Wildman–Crippen LogP) is 3.16. The van der Waals surface area contributed by atoms with Crippen LogP contribution in [-0.4, -0.2) is 12.7 Å². The van der Waals surface area contributed by atoms with Crippen LogP contribution >= 0.6 is 0 Å².